The van der Waals surface area contributed by atoms with Gasteiger partial charge in [-0.25, -0.2) is 0 Å². The summed E-state index contributed by atoms with van der Waals surface area (Å²) in [5.74, 6) is -0.793. The molecule has 0 aromatic heterocycles. The number of benzene rings is 4. The molecular weight excluding hydrogens is 704 g/mol. The Morgan fingerprint density at radius 2 is 1.48 bits per heavy atom. The van der Waals surface area contributed by atoms with Crippen LogP contribution in [0.25, 0.3) is 11.1 Å². The van der Waals surface area contributed by atoms with Gasteiger partial charge in [0.25, 0.3) is 0 Å². The summed E-state index contributed by atoms with van der Waals surface area (Å²) in [5, 5.41) is 33.6. The Balaban J connectivity index is 1.10. The molecule has 1 amide bonds. The van der Waals surface area contributed by atoms with Crippen molar-refractivity contribution in [2.24, 2.45) is 0 Å². The number of rotatable bonds is 16. The first-order chi connectivity index (χ1) is 26.2. The average molecular weight is 755 g/mol. The lowest BCUT2D eigenvalue weighted by atomic mass is 9.84. The third-order valence-electron chi connectivity index (χ3n) is 10.7. The van der Waals surface area contributed by atoms with Crippen molar-refractivity contribution in [2.45, 2.75) is 95.0 Å². The third kappa shape index (κ3) is 10.8. The van der Waals surface area contributed by atoms with Gasteiger partial charge in [0.15, 0.2) is 6.29 Å². The van der Waals surface area contributed by atoms with Gasteiger partial charge in [0.1, 0.15) is 0 Å². The first-order valence-electron chi connectivity index (χ1n) is 19.1. The van der Waals surface area contributed by atoms with Crippen molar-refractivity contribution < 1.29 is 34.4 Å². The number of piperidine rings is 1. The summed E-state index contributed by atoms with van der Waals surface area (Å²) in [6, 6.07) is 31.6. The number of carbonyl (C=O) groups is 2. The highest BCUT2D eigenvalue weighted by Gasteiger charge is 2.37. The van der Waals surface area contributed by atoms with Crippen molar-refractivity contribution in [3.05, 3.63) is 130 Å². The smallest absolute Gasteiger partial charge is 0.303 e. The van der Waals surface area contributed by atoms with Gasteiger partial charge >= 0.3 is 5.97 Å². The molecule has 0 bridgehead atoms. The number of likely N-dealkylation sites (tertiary alicyclic amines) is 1. The van der Waals surface area contributed by atoms with Gasteiger partial charge in [0.2, 0.25) is 5.91 Å². The highest BCUT2D eigenvalue weighted by molar-refractivity contribution is 6.30. The van der Waals surface area contributed by atoms with Gasteiger partial charge in [-0.2, -0.15) is 0 Å². The molecule has 9 nitrogen and oxygen atoms in total. The predicted molar refractivity (Wildman–Crippen MR) is 209 cm³/mol. The fraction of sp³-hybridized carbons (Fsp3) is 0.409. The number of halogens is 1. The Morgan fingerprint density at radius 1 is 0.815 bits per heavy atom. The zero-order valence-electron chi connectivity index (χ0n) is 30.7. The van der Waals surface area contributed by atoms with Crippen molar-refractivity contribution in [3.8, 4) is 11.1 Å². The summed E-state index contributed by atoms with van der Waals surface area (Å²) in [7, 11) is 0. The average Bonchev–Trinajstić information content (AvgIpc) is 3.19. The summed E-state index contributed by atoms with van der Waals surface area (Å²) in [6.45, 7) is 2.59. The molecule has 4 aromatic carbocycles. The number of hydrogen-bond acceptors (Lipinski definition) is 7. The van der Waals surface area contributed by atoms with E-state index in [-0.39, 0.29) is 31.1 Å². The van der Waals surface area contributed by atoms with Crippen LogP contribution in [0.1, 0.15) is 98.0 Å². The largest absolute Gasteiger partial charge is 0.481 e. The van der Waals surface area contributed by atoms with E-state index in [1.54, 1.807) is 0 Å². The monoisotopic (exact) mass is 754 g/mol. The molecule has 0 aliphatic carbocycles. The minimum absolute atomic E-state index is 0.0121. The van der Waals surface area contributed by atoms with E-state index < -0.39 is 17.9 Å². The van der Waals surface area contributed by atoms with Crippen molar-refractivity contribution in [2.75, 3.05) is 19.6 Å². The summed E-state index contributed by atoms with van der Waals surface area (Å²) in [5.41, 5.74) is 5.88. The van der Waals surface area contributed by atoms with Gasteiger partial charge in [-0.05, 0) is 71.2 Å². The van der Waals surface area contributed by atoms with Gasteiger partial charge in [-0.15, -0.1) is 0 Å². The molecule has 0 saturated carbocycles. The van der Waals surface area contributed by atoms with Crippen LogP contribution >= 0.6 is 11.6 Å². The molecule has 0 unspecified atom stereocenters. The number of aliphatic hydroxyl groups is 2. The number of carboxylic acids is 1. The molecule has 2 saturated heterocycles. The fourth-order valence-electron chi connectivity index (χ4n) is 7.45. The number of ether oxygens (including phenoxy) is 2. The van der Waals surface area contributed by atoms with Gasteiger partial charge < -0.3 is 35.0 Å². The zero-order chi connectivity index (χ0) is 37.9. The maximum absolute atomic E-state index is 12.6. The maximum atomic E-state index is 12.6. The quantitative estimate of drug-likeness (QED) is 0.0846. The molecule has 286 valence electrons. The number of aliphatic carboxylic acids is 1. The molecule has 2 aliphatic heterocycles. The molecule has 3 atom stereocenters. The second kappa shape index (κ2) is 19.0. The van der Waals surface area contributed by atoms with Crippen LogP contribution in [0.2, 0.25) is 5.02 Å². The van der Waals surface area contributed by atoms with Crippen molar-refractivity contribution in [1.29, 1.82) is 0 Å². The molecule has 4 N–H and O–H groups in total. The Hall–Kier alpha value is -4.09. The van der Waals surface area contributed by atoms with E-state index >= 15 is 0 Å². The molecular formula is C44H51ClN2O7. The van der Waals surface area contributed by atoms with Crippen LogP contribution in [0, 0.1) is 0 Å². The fourth-order valence-corrected chi connectivity index (χ4v) is 7.57. The molecule has 2 aliphatic rings. The van der Waals surface area contributed by atoms with E-state index in [4.69, 9.17) is 26.2 Å². The Labute approximate surface area is 322 Å². The number of carbonyl (C=O) groups excluding carboxylic acids is 1. The molecule has 2 heterocycles. The molecule has 0 spiro atoms. The second-order valence-corrected chi connectivity index (χ2v) is 15.0. The molecule has 10 heteroatoms. The second-order valence-electron chi connectivity index (χ2n) is 14.6. The first-order valence-corrected chi connectivity index (χ1v) is 19.4. The standard InChI is InChI=1S/C44H51ClN2O7/c45-37-21-19-36(20-22-37)44(52)23-25-47(26-24-44)29-38-27-40(33-13-11-31(30-48)12-14-33)54-43(53-38)34-17-15-32(16-18-34)39-8-6-5-7-35(39)28-46-41(49)9-3-1-2-4-10-42(50)51/h5-8,11-22,38,40,43,48,52H,1-4,9-10,23-30H2,(H,46,49)(H,50,51)/t38-,40+,43+/m1/s1. The van der Waals surface area contributed by atoms with E-state index in [0.29, 0.717) is 50.2 Å². The van der Waals surface area contributed by atoms with Crippen molar-refractivity contribution in [3.63, 3.8) is 0 Å². The van der Waals surface area contributed by atoms with Crippen LogP contribution in [0.3, 0.4) is 0 Å². The number of aliphatic hydroxyl groups excluding tert-OH is 1. The van der Waals surface area contributed by atoms with Gasteiger partial charge in [-0.3, -0.25) is 9.59 Å². The zero-order valence-corrected chi connectivity index (χ0v) is 31.4. The number of hydrogen-bond donors (Lipinski definition) is 4. The highest BCUT2D eigenvalue weighted by atomic mass is 35.5. The van der Waals surface area contributed by atoms with E-state index in [0.717, 1.165) is 71.3 Å². The number of unbranched alkanes of at least 4 members (excludes halogenated alkanes) is 3. The maximum Gasteiger partial charge on any atom is 0.303 e. The Morgan fingerprint density at radius 3 is 2.17 bits per heavy atom. The van der Waals surface area contributed by atoms with Crippen LogP contribution in [0.15, 0.2) is 97.1 Å². The lowest BCUT2D eigenvalue weighted by Gasteiger charge is -2.42. The lowest BCUT2D eigenvalue weighted by Crippen LogP contribution is -2.46. The normalized spacial score (nSPS) is 20.0. The van der Waals surface area contributed by atoms with Crippen LogP contribution < -0.4 is 5.32 Å². The van der Waals surface area contributed by atoms with Gasteiger partial charge in [0, 0.05) is 56.0 Å². The Bertz CT molecular complexity index is 1810. The SMILES string of the molecule is O=C(O)CCCCCCC(=O)NCc1ccccc1-c1ccc([C@H]2O[C@@H](CN3CCC(O)(c4ccc(Cl)cc4)CC3)C[C@@H](c3ccc(CO)cc3)O2)cc1. The number of nitrogens with one attached hydrogen (secondary N) is 1. The lowest BCUT2D eigenvalue weighted by molar-refractivity contribution is -0.253. The third-order valence-corrected chi connectivity index (χ3v) is 10.9. The first kappa shape index (κ1) is 39.6. The molecule has 54 heavy (non-hydrogen) atoms. The van der Waals surface area contributed by atoms with E-state index in [9.17, 15) is 19.8 Å². The van der Waals surface area contributed by atoms with Crippen molar-refractivity contribution in [1.82, 2.24) is 10.2 Å². The summed E-state index contributed by atoms with van der Waals surface area (Å²) in [4.78, 5) is 25.6. The van der Waals surface area contributed by atoms with Crippen molar-refractivity contribution >= 4 is 23.5 Å². The van der Waals surface area contributed by atoms with Gasteiger partial charge in [0.05, 0.1) is 24.4 Å². The van der Waals surface area contributed by atoms with E-state index in [1.165, 1.54) is 0 Å². The molecule has 2 fully saturated rings. The Kier molecular flexibility index (Phi) is 13.9. The molecule has 0 radical (unpaired) electrons. The minimum Gasteiger partial charge on any atom is -0.481 e. The number of amides is 1. The summed E-state index contributed by atoms with van der Waals surface area (Å²) in [6.07, 6.45) is 4.63. The van der Waals surface area contributed by atoms with Gasteiger partial charge in [-0.1, -0.05) is 109 Å². The van der Waals surface area contributed by atoms with Crippen LogP contribution in [-0.4, -0.2) is 57.8 Å². The van der Waals surface area contributed by atoms with Crippen LogP contribution in [0.5, 0.6) is 0 Å². The minimum atomic E-state index is -0.880. The summed E-state index contributed by atoms with van der Waals surface area (Å²) >= 11 is 6.10. The molecule has 6 rings (SSSR count). The highest BCUT2D eigenvalue weighted by Crippen LogP contribution is 2.40. The predicted octanol–water partition coefficient (Wildman–Crippen LogP) is 8.07. The number of carboxylic acid groups (broad SMARTS) is 1. The summed E-state index contributed by atoms with van der Waals surface area (Å²) < 4.78 is 13.3. The molecule has 4 aromatic rings. The van der Waals surface area contributed by atoms with Crippen LogP contribution in [-0.2, 0) is 37.8 Å². The topological polar surface area (TPSA) is 129 Å². The number of nitrogens with zero attached hydrogens (tertiary/aromatic N) is 1. The van der Waals surface area contributed by atoms with Crippen LogP contribution in [0.4, 0.5) is 0 Å². The van der Waals surface area contributed by atoms with E-state index in [1.807, 2.05) is 78.9 Å². The van der Waals surface area contributed by atoms with E-state index in [2.05, 4.69) is 28.4 Å².